The van der Waals surface area contributed by atoms with Crippen LogP contribution in [0.25, 0.3) is 0 Å². The molecule has 0 spiro atoms. The van der Waals surface area contributed by atoms with Gasteiger partial charge in [-0.05, 0) is 18.2 Å². The highest BCUT2D eigenvalue weighted by Gasteiger charge is 2.15. The summed E-state index contributed by atoms with van der Waals surface area (Å²) in [5.74, 6) is -1.34. The molecule has 2 N–H and O–H groups in total. The third-order valence-corrected chi connectivity index (χ3v) is 1.95. The SMILES string of the molecule is COC(=O)c1ccc(F)cc1NC(=O)OCCO. The van der Waals surface area contributed by atoms with Gasteiger partial charge in [0.15, 0.2) is 0 Å². The predicted octanol–water partition coefficient (Wildman–Crippen LogP) is 1.15. The van der Waals surface area contributed by atoms with E-state index in [0.29, 0.717) is 0 Å². The predicted molar refractivity (Wildman–Crippen MR) is 59.8 cm³/mol. The number of rotatable bonds is 4. The Morgan fingerprint density at radius 1 is 1.44 bits per heavy atom. The number of methoxy groups -OCH3 is 1. The largest absolute Gasteiger partial charge is 0.465 e. The van der Waals surface area contributed by atoms with E-state index in [1.807, 2.05) is 0 Å². The van der Waals surface area contributed by atoms with Crippen molar-refractivity contribution in [1.82, 2.24) is 0 Å². The average molecular weight is 257 g/mol. The van der Waals surface area contributed by atoms with E-state index in [-0.39, 0.29) is 24.5 Å². The van der Waals surface area contributed by atoms with Crippen molar-refractivity contribution in [2.24, 2.45) is 0 Å². The van der Waals surface area contributed by atoms with Crippen LogP contribution in [0.1, 0.15) is 10.4 Å². The number of hydrogen-bond donors (Lipinski definition) is 2. The normalized spacial score (nSPS) is 9.72. The summed E-state index contributed by atoms with van der Waals surface area (Å²) in [4.78, 5) is 22.6. The van der Waals surface area contributed by atoms with Gasteiger partial charge in [0, 0.05) is 0 Å². The molecule has 98 valence electrons. The summed E-state index contributed by atoms with van der Waals surface area (Å²) in [5, 5.41) is 10.7. The molecule has 0 fully saturated rings. The lowest BCUT2D eigenvalue weighted by Crippen LogP contribution is -2.18. The number of carbonyl (C=O) groups is 2. The lowest BCUT2D eigenvalue weighted by Gasteiger charge is -2.09. The lowest BCUT2D eigenvalue weighted by atomic mass is 10.2. The Hall–Kier alpha value is -2.15. The second kappa shape index (κ2) is 6.55. The average Bonchev–Trinajstić information content (AvgIpc) is 2.35. The zero-order chi connectivity index (χ0) is 13.5. The van der Waals surface area contributed by atoms with Crippen molar-refractivity contribution in [3.63, 3.8) is 0 Å². The number of aliphatic hydroxyl groups excluding tert-OH is 1. The second-order valence-corrected chi connectivity index (χ2v) is 3.17. The van der Waals surface area contributed by atoms with E-state index in [1.54, 1.807) is 0 Å². The fourth-order valence-corrected chi connectivity index (χ4v) is 1.19. The van der Waals surface area contributed by atoms with Gasteiger partial charge >= 0.3 is 12.1 Å². The maximum atomic E-state index is 13.0. The Kier molecular flexibility index (Phi) is 5.06. The number of benzene rings is 1. The maximum Gasteiger partial charge on any atom is 0.411 e. The van der Waals surface area contributed by atoms with Gasteiger partial charge in [0.05, 0.1) is 25.0 Å². The summed E-state index contributed by atoms with van der Waals surface area (Å²) in [6.07, 6.45) is -0.903. The molecule has 6 nitrogen and oxygen atoms in total. The molecule has 0 unspecified atom stereocenters. The lowest BCUT2D eigenvalue weighted by molar-refractivity contribution is 0.0602. The van der Waals surface area contributed by atoms with E-state index >= 15 is 0 Å². The van der Waals surface area contributed by atoms with Crippen molar-refractivity contribution in [2.45, 2.75) is 0 Å². The van der Waals surface area contributed by atoms with Crippen LogP contribution in [0, 0.1) is 5.82 Å². The highest BCUT2D eigenvalue weighted by atomic mass is 19.1. The number of nitrogens with one attached hydrogen (secondary N) is 1. The standard InChI is InChI=1S/C11H12FNO5/c1-17-10(15)8-3-2-7(12)6-9(8)13-11(16)18-5-4-14/h2-3,6,14H,4-5H2,1H3,(H,13,16). The number of esters is 1. The third kappa shape index (κ3) is 3.70. The second-order valence-electron chi connectivity index (χ2n) is 3.17. The van der Waals surface area contributed by atoms with Crippen LogP contribution in [0.4, 0.5) is 14.9 Å². The highest BCUT2D eigenvalue weighted by molar-refractivity contribution is 5.99. The molecule has 0 bridgehead atoms. The molecule has 0 heterocycles. The molecule has 1 amide bonds. The number of hydrogen-bond acceptors (Lipinski definition) is 5. The van der Waals surface area contributed by atoms with Crippen molar-refractivity contribution in [2.75, 3.05) is 25.6 Å². The number of anilines is 1. The van der Waals surface area contributed by atoms with Gasteiger partial charge in [0.1, 0.15) is 12.4 Å². The molecule has 0 saturated heterocycles. The van der Waals surface area contributed by atoms with Gasteiger partial charge in [0.25, 0.3) is 0 Å². The van der Waals surface area contributed by atoms with Crippen LogP contribution in [0.2, 0.25) is 0 Å². The van der Waals surface area contributed by atoms with Crippen molar-refractivity contribution in [1.29, 1.82) is 0 Å². The molecule has 1 aromatic carbocycles. The van der Waals surface area contributed by atoms with Gasteiger partial charge in [0.2, 0.25) is 0 Å². The monoisotopic (exact) mass is 257 g/mol. The Bertz CT molecular complexity index is 449. The summed E-state index contributed by atoms with van der Waals surface area (Å²) < 4.78 is 22.0. The van der Waals surface area contributed by atoms with Crippen LogP contribution in [0.15, 0.2) is 18.2 Å². The molecule has 0 aliphatic heterocycles. The van der Waals surface area contributed by atoms with Crippen molar-refractivity contribution < 1.29 is 28.6 Å². The molecule has 1 rings (SSSR count). The molecule has 0 aliphatic rings. The first-order valence-corrected chi connectivity index (χ1v) is 5.01. The van der Waals surface area contributed by atoms with Gasteiger partial charge in [-0.15, -0.1) is 0 Å². The first-order valence-electron chi connectivity index (χ1n) is 5.01. The van der Waals surface area contributed by atoms with E-state index in [4.69, 9.17) is 5.11 Å². The number of amides is 1. The van der Waals surface area contributed by atoms with Crippen LogP contribution < -0.4 is 5.32 Å². The third-order valence-electron chi connectivity index (χ3n) is 1.95. The molecular formula is C11H12FNO5. The van der Waals surface area contributed by atoms with Crippen molar-refractivity contribution in [3.05, 3.63) is 29.6 Å². The molecule has 0 saturated carbocycles. The van der Waals surface area contributed by atoms with Crippen molar-refractivity contribution >= 4 is 17.7 Å². The molecule has 0 radical (unpaired) electrons. The molecular weight excluding hydrogens is 245 g/mol. The van der Waals surface area contributed by atoms with E-state index in [9.17, 15) is 14.0 Å². The quantitative estimate of drug-likeness (QED) is 0.790. The Morgan fingerprint density at radius 3 is 2.78 bits per heavy atom. The van der Waals surface area contributed by atoms with Gasteiger partial charge in [-0.25, -0.2) is 14.0 Å². The van der Waals surface area contributed by atoms with Gasteiger partial charge in [-0.2, -0.15) is 0 Å². The van der Waals surface area contributed by atoms with E-state index in [2.05, 4.69) is 14.8 Å². The van der Waals surface area contributed by atoms with Crippen LogP contribution in [0.3, 0.4) is 0 Å². The first-order chi connectivity index (χ1) is 8.58. The minimum Gasteiger partial charge on any atom is -0.465 e. The minimum atomic E-state index is -0.903. The zero-order valence-electron chi connectivity index (χ0n) is 9.60. The van der Waals surface area contributed by atoms with E-state index in [0.717, 1.165) is 12.1 Å². The summed E-state index contributed by atoms with van der Waals surface area (Å²) in [6.45, 7) is -0.533. The first kappa shape index (κ1) is 13.9. The maximum absolute atomic E-state index is 13.0. The highest BCUT2D eigenvalue weighted by Crippen LogP contribution is 2.18. The van der Waals surface area contributed by atoms with Gasteiger partial charge in [-0.1, -0.05) is 0 Å². The smallest absolute Gasteiger partial charge is 0.411 e. The van der Waals surface area contributed by atoms with Gasteiger partial charge < -0.3 is 14.6 Å². The number of halogens is 1. The summed E-state index contributed by atoms with van der Waals surface area (Å²) in [7, 11) is 1.17. The molecule has 0 atom stereocenters. The summed E-state index contributed by atoms with van der Waals surface area (Å²) >= 11 is 0. The summed E-state index contributed by atoms with van der Waals surface area (Å²) in [5.41, 5.74) is -0.0651. The van der Waals surface area contributed by atoms with Crippen LogP contribution >= 0.6 is 0 Å². The van der Waals surface area contributed by atoms with Crippen molar-refractivity contribution in [3.8, 4) is 0 Å². The molecule has 0 aliphatic carbocycles. The van der Waals surface area contributed by atoms with E-state index < -0.39 is 17.9 Å². The molecule has 18 heavy (non-hydrogen) atoms. The number of aliphatic hydroxyl groups is 1. The molecule has 0 aromatic heterocycles. The van der Waals surface area contributed by atoms with Crippen LogP contribution in [-0.2, 0) is 9.47 Å². The number of ether oxygens (including phenoxy) is 2. The fraction of sp³-hybridized carbons (Fsp3) is 0.273. The molecule has 7 heteroatoms. The zero-order valence-corrected chi connectivity index (χ0v) is 9.60. The van der Waals surface area contributed by atoms with Crippen LogP contribution in [-0.4, -0.2) is 37.5 Å². The summed E-state index contributed by atoms with van der Waals surface area (Å²) in [6, 6.07) is 3.21. The van der Waals surface area contributed by atoms with Crippen LogP contribution in [0.5, 0.6) is 0 Å². The van der Waals surface area contributed by atoms with Gasteiger partial charge in [-0.3, -0.25) is 5.32 Å². The Morgan fingerprint density at radius 2 is 2.17 bits per heavy atom. The topological polar surface area (TPSA) is 84.9 Å². The number of carbonyl (C=O) groups excluding carboxylic acids is 2. The Labute approximate surface area is 102 Å². The fourth-order valence-electron chi connectivity index (χ4n) is 1.19. The minimum absolute atomic E-state index is 0.000140. The molecule has 1 aromatic rings. The van der Waals surface area contributed by atoms with E-state index in [1.165, 1.54) is 13.2 Å². The Balaban J connectivity index is 2.88.